The Morgan fingerprint density at radius 3 is 2.65 bits per heavy atom. The molecule has 0 saturated heterocycles. The van der Waals surface area contributed by atoms with Crippen LogP contribution in [-0.4, -0.2) is 34.7 Å². The number of carbonyl (C=O) groups is 2. The molecule has 0 saturated carbocycles. The Morgan fingerprint density at radius 2 is 2.06 bits per heavy atom. The zero-order valence-corrected chi connectivity index (χ0v) is 9.30. The lowest BCUT2D eigenvalue weighted by atomic mass is 10.3. The predicted octanol–water partition coefficient (Wildman–Crippen LogP) is -0.172. The number of aromatic hydroxyl groups is 1. The smallest absolute Gasteiger partial charge is 0.313 e. The van der Waals surface area contributed by atoms with E-state index >= 15 is 0 Å². The number of phenols is 1. The topological polar surface area (TPSA) is 98.7 Å². The summed E-state index contributed by atoms with van der Waals surface area (Å²) in [6.07, 6.45) is -0.715. The molecule has 0 aliphatic rings. The van der Waals surface area contributed by atoms with Gasteiger partial charge in [0.15, 0.2) is 0 Å². The molecule has 6 heteroatoms. The van der Waals surface area contributed by atoms with Crippen molar-refractivity contribution in [2.24, 2.45) is 0 Å². The Morgan fingerprint density at radius 1 is 1.35 bits per heavy atom. The first-order chi connectivity index (χ1) is 7.99. The van der Waals surface area contributed by atoms with Crippen molar-refractivity contribution < 1.29 is 19.8 Å². The minimum Gasteiger partial charge on any atom is -0.508 e. The van der Waals surface area contributed by atoms with Gasteiger partial charge in [-0.2, -0.15) is 0 Å². The van der Waals surface area contributed by atoms with E-state index in [1.807, 2.05) is 0 Å². The van der Waals surface area contributed by atoms with Gasteiger partial charge in [-0.3, -0.25) is 9.59 Å². The van der Waals surface area contributed by atoms with Gasteiger partial charge >= 0.3 is 11.8 Å². The number of hydrogen-bond donors (Lipinski definition) is 4. The van der Waals surface area contributed by atoms with Crippen molar-refractivity contribution in [3.05, 3.63) is 24.3 Å². The number of rotatable bonds is 3. The van der Waals surface area contributed by atoms with Crippen LogP contribution in [-0.2, 0) is 9.59 Å². The summed E-state index contributed by atoms with van der Waals surface area (Å²) in [4.78, 5) is 22.6. The quantitative estimate of drug-likeness (QED) is 0.549. The van der Waals surface area contributed by atoms with E-state index in [0.717, 1.165) is 0 Å². The maximum Gasteiger partial charge on any atom is 0.313 e. The Labute approximate surface area is 98.3 Å². The number of hydrogen-bond acceptors (Lipinski definition) is 4. The van der Waals surface area contributed by atoms with Crippen molar-refractivity contribution in [3.63, 3.8) is 0 Å². The molecule has 1 rings (SSSR count). The van der Waals surface area contributed by atoms with Gasteiger partial charge in [-0.25, -0.2) is 0 Å². The summed E-state index contributed by atoms with van der Waals surface area (Å²) in [5.41, 5.74) is 0.321. The molecule has 4 N–H and O–H groups in total. The molecule has 92 valence electrons. The molecular weight excluding hydrogens is 224 g/mol. The normalized spacial score (nSPS) is 11.6. The number of benzene rings is 1. The van der Waals surface area contributed by atoms with Crippen LogP contribution in [0.5, 0.6) is 5.75 Å². The monoisotopic (exact) mass is 238 g/mol. The summed E-state index contributed by atoms with van der Waals surface area (Å²) in [5, 5.41) is 22.7. The van der Waals surface area contributed by atoms with Crippen LogP contribution < -0.4 is 10.6 Å². The van der Waals surface area contributed by atoms with Crippen molar-refractivity contribution in [1.82, 2.24) is 5.32 Å². The zero-order chi connectivity index (χ0) is 12.8. The molecule has 0 spiro atoms. The lowest BCUT2D eigenvalue weighted by molar-refractivity contribution is -0.136. The number of anilines is 1. The van der Waals surface area contributed by atoms with E-state index in [1.165, 1.54) is 19.1 Å². The van der Waals surface area contributed by atoms with E-state index in [2.05, 4.69) is 10.6 Å². The van der Waals surface area contributed by atoms with Crippen LogP contribution in [0.25, 0.3) is 0 Å². The van der Waals surface area contributed by atoms with Crippen LogP contribution in [0.2, 0.25) is 0 Å². The summed E-state index contributed by atoms with van der Waals surface area (Å²) in [6.45, 7) is 1.50. The second-order valence-electron chi connectivity index (χ2n) is 3.56. The molecule has 1 aromatic carbocycles. The zero-order valence-electron chi connectivity index (χ0n) is 9.30. The van der Waals surface area contributed by atoms with Gasteiger partial charge in [0, 0.05) is 18.3 Å². The fourth-order valence-corrected chi connectivity index (χ4v) is 1.09. The number of aliphatic hydroxyl groups excluding tert-OH is 1. The molecule has 1 atom stereocenters. The van der Waals surface area contributed by atoms with E-state index in [-0.39, 0.29) is 12.3 Å². The van der Waals surface area contributed by atoms with Crippen LogP contribution in [0.3, 0.4) is 0 Å². The second-order valence-corrected chi connectivity index (χ2v) is 3.56. The van der Waals surface area contributed by atoms with Crippen LogP contribution in [0.15, 0.2) is 24.3 Å². The van der Waals surface area contributed by atoms with Crippen LogP contribution in [0.1, 0.15) is 6.92 Å². The highest BCUT2D eigenvalue weighted by Crippen LogP contribution is 2.14. The molecular formula is C11H14N2O4. The lowest BCUT2D eigenvalue weighted by Gasteiger charge is -2.07. The average Bonchev–Trinajstić information content (AvgIpc) is 2.25. The molecule has 0 fully saturated rings. The van der Waals surface area contributed by atoms with Gasteiger partial charge in [-0.1, -0.05) is 6.07 Å². The van der Waals surface area contributed by atoms with Gasteiger partial charge in [0.25, 0.3) is 0 Å². The first-order valence-corrected chi connectivity index (χ1v) is 5.05. The van der Waals surface area contributed by atoms with E-state index in [0.29, 0.717) is 5.69 Å². The molecule has 1 aromatic rings. The molecule has 1 unspecified atom stereocenters. The van der Waals surface area contributed by atoms with Crippen molar-refractivity contribution in [2.45, 2.75) is 13.0 Å². The molecule has 0 aliphatic carbocycles. The third-order valence-electron chi connectivity index (χ3n) is 1.87. The van der Waals surface area contributed by atoms with Crippen molar-refractivity contribution in [2.75, 3.05) is 11.9 Å². The first-order valence-electron chi connectivity index (χ1n) is 5.05. The number of amides is 2. The highest BCUT2D eigenvalue weighted by molar-refractivity contribution is 6.39. The third-order valence-corrected chi connectivity index (χ3v) is 1.87. The van der Waals surface area contributed by atoms with Crippen molar-refractivity contribution >= 4 is 17.5 Å². The molecule has 0 aromatic heterocycles. The first kappa shape index (κ1) is 13.0. The molecule has 0 bridgehead atoms. The van der Waals surface area contributed by atoms with Gasteiger partial charge in [-0.15, -0.1) is 0 Å². The minimum absolute atomic E-state index is 0.00624. The van der Waals surface area contributed by atoms with E-state index in [9.17, 15) is 9.59 Å². The van der Waals surface area contributed by atoms with Gasteiger partial charge in [-0.05, 0) is 19.1 Å². The van der Waals surface area contributed by atoms with E-state index in [1.54, 1.807) is 12.1 Å². The number of phenolic OH excluding ortho intramolecular Hbond substituents is 1. The van der Waals surface area contributed by atoms with Gasteiger partial charge in [0.1, 0.15) is 5.75 Å². The number of nitrogens with one attached hydrogen (secondary N) is 2. The van der Waals surface area contributed by atoms with Crippen LogP contribution in [0.4, 0.5) is 5.69 Å². The fraction of sp³-hybridized carbons (Fsp3) is 0.273. The summed E-state index contributed by atoms with van der Waals surface area (Å²) in [6, 6.07) is 5.85. The predicted molar refractivity (Wildman–Crippen MR) is 61.4 cm³/mol. The largest absolute Gasteiger partial charge is 0.508 e. The SMILES string of the molecule is CC(O)CNC(=O)C(=O)Nc1cccc(O)c1. The highest BCUT2D eigenvalue weighted by Gasteiger charge is 2.13. The summed E-state index contributed by atoms with van der Waals surface area (Å²) in [5.74, 6) is -1.70. The van der Waals surface area contributed by atoms with Crippen LogP contribution in [0, 0.1) is 0 Å². The Balaban J connectivity index is 2.51. The summed E-state index contributed by atoms with van der Waals surface area (Å²) in [7, 11) is 0. The third kappa shape index (κ3) is 4.52. The van der Waals surface area contributed by atoms with E-state index in [4.69, 9.17) is 10.2 Å². The van der Waals surface area contributed by atoms with Crippen LogP contribution >= 0.6 is 0 Å². The Kier molecular flexibility index (Phi) is 4.47. The number of aliphatic hydroxyl groups is 1. The minimum atomic E-state index is -0.851. The molecule has 6 nitrogen and oxygen atoms in total. The van der Waals surface area contributed by atoms with Crippen molar-refractivity contribution in [3.8, 4) is 5.75 Å². The average molecular weight is 238 g/mol. The molecule has 0 aliphatic heterocycles. The highest BCUT2D eigenvalue weighted by atomic mass is 16.3. The van der Waals surface area contributed by atoms with Gasteiger partial charge < -0.3 is 20.8 Å². The van der Waals surface area contributed by atoms with Crippen molar-refractivity contribution in [1.29, 1.82) is 0 Å². The van der Waals surface area contributed by atoms with Gasteiger partial charge in [0.05, 0.1) is 6.10 Å². The maximum absolute atomic E-state index is 11.3. The molecule has 2 amide bonds. The molecule has 0 heterocycles. The lowest BCUT2D eigenvalue weighted by Crippen LogP contribution is -2.38. The summed E-state index contributed by atoms with van der Waals surface area (Å²) >= 11 is 0. The second kappa shape index (κ2) is 5.86. The Bertz CT molecular complexity index is 418. The molecule has 17 heavy (non-hydrogen) atoms. The Hall–Kier alpha value is -2.08. The standard InChI is InChI=1S/C11H14N2O4/c1-7(14)6-12-10(16)11(17)13-8-3-2-4-9(15)5-8/h2-5,7,14-15H,6H2,1H3,(H,12,16)(H,13,17). The van der Waals surface area contributed by atoms with E-state index < -0.39 is 17.9 Å². The molecule has 0 radical (unpaired) electrons. The van der Waals surface area contributed by atoms with Gasteiger partial charge in [0.2, 0.25) is 0 Å². The number of carbonyl (C=O) groups excluding carboxylic acids is 2. The summed E-state index contributed by atoms with van der Waals surface area (Å²) < 4.78 is 0. The fourth-order valence-electron chi connectivity index (χ4n) is 1.09. The maximum atomic E-state index is 11.3.